The number of hydrogen-bond donors (Lipinski definition) is 0. The van der Waals surface area contributed by atoms with Crippen LogP contribution in [0.2, 0.25) is 0 Å². The van der Waals surface area contributed by atoms with E-state index < -0.39 is 0 Å². The molecule has 1 heteroatoms. The highest BCUT2D eigenvalue weighted by Gasteiger charge is 2.37. The molecule has 2 aliphatic rings. The van der Waals surface area contributed by atoms with Crippen molar-refractivity contribution < 1.29 is 0 Å². The van der Waals surface area contributed by atoms with Crippen molar-refractivity contribution in [3.63, 3.8) is 0 Å². The third-order valence-electron chi connectivity index (χ3n) is 2.59. The van der Waals surface area contributed by atoms with Gasteiger partial charge in [0.1, 0.15) is 16.8 Å². The summed E-state index contributed by atoms with van der Waals surface area (Å²) in [6.07, 6.45) is 7.77. The van der Waals surface area contributed by atoms with E-state index in [1.807, 2.05) is 0 Å². The van der Waals surface area contributed by atoms with Crippen LogP contribution in [-0.4, -0.2) is 16.8 Å². The summed E-state index contributed by atoms with van der Waals surface area (Å²) < 4.78 is 0. The van der Waals surface area contributed by atoms with E-state index in [2.05, 4.69) is 0 Å². The van der Waals surface area contributed by atoms with Gasteiger partial charge in [-0.25, -0.2) is 0 Å². The maximum atomic E-state index is 1.59. The van der Waals surface area contributed by atoms with Crippen LogP contribution in [0.15, 0.2) is 0 Å². The van der Waals surface area contributed by atoms with Crippen molar-refractivity contribution in [2.75, 3.05) is 11.5 Å². The molecule has 0 bridgehead atoms. The van der Waals surface area contributed by atoms with Crippen molar-refractivity contribution in [1.29, 1.82) is 0 Å². The first-order valence-electron chi connectivity index (χ1n) is 4.13. The molecule has 52 valence electrons. The normalized spacial score (nSPS) is 42.7. The van der Waals surface area contributed by atoms with Gasteiger partial charge in [-0.1, -0.05) is 0 Å². The summed E-state index contributed by atoms with van der Waals surface area (Å²) in [4.78, 5) is 0. The molecule has 2 heterocycles. The van der Waals surface area contributed by atoms with E-state index in [9.17, 15) is 0 Å². The van der Waals surface area contributed by atoms with Crippen LogP contribution in [0.4, 0.5) is 0 Å². The Bertz CT molecular complexity index is 88.7. The minimum absolute atomic E-state index is 0.915. The monoisotopic (exact) mass is 143 g/mol. The standard InChI is InChI=1S/C8H15S/c1-2-6-9-7-3-5-8(9)4-1/h8H,1-7H2/q+1/t8-,9?/m0/s1. The van der Waals surface area contributed by atoms with Gasteiger partial charge in [-0.05, 0) is 43.0 Å². The quantitative estimate of drug-likeness (QED) is 0.455. The van der Waals surface area contributed by atoms with E-state index in [-0.39, 0.29) is 0 Å². The van der Waals surface area contributed by atoms with Gasteiger partial charge in [0.15, 0.2) is 0 Å². The van der Waals surface area contributed by atoms with Crippen LogP contribution in [0.1, 0.15) is 32.1 Å². The minimum Gasteiger partial charge on any atom is -0.0441 e. The molecule has 2 fully saturated rings. The molecule has 0 radical (unpaired) electrons. The van der Waals surface area contributed by atoms with Crippen LogP contribution in [0.25, 0.3) is 0 Å². The lowest BCUT2D eigenvalue weighted by atomic mass is 10.1. The summed E-state index contributed by atoms with van der Waals surface area (Å²) in [5, 5.41) is 1.19. The number of fused-ring (bicyclic) bond motifs is 1. The van der Waals surface area contributed by atoms with Crippen molar-refractivity contribution in [2.24, 2.45) is 0 Å². The smallest absolute Gasteiger partial charge is 0.0441 e. The predicted octanol–water partition coefficient (Wildman–Crippen LogP) is 1.95. The Morgan fingerprint density at radius 3 is 2.56 bits per heavy atom. The van der Waals surface area contributed by atoms with Crippen molar-refractivity contribution in [2.45, 2.75) is 37.4 Å². The first-order chi connectivity index (χ1) is 4.47. The van der Waals surface area contributed by atoms with E-state index in [1.54, 1.807) is 37.2 Å². The summed E-state index contributed by atoms with van der Waals surface area (Å²) in [6, 6.07) is 0. The Labute approximate surface area is 60.4 Å². The third kappa shape index (κ3) is 1.12. The van der Waals surface area contributed by atoms with Gasteiger partial charge in [-0.15, -0.1) is 0 Å². The van der Waals surface area contributed by atoms with E-state index >= 15 is 0 Å². The Morgan fingerprint density at radius 1 is 0.889 bits per heavy atom. The van der Waals surface area contributed by atoms with E-state index in [4.69, 9.17) is 0 Å². The van der Waals surface area contributed by atoms with Crippen LogP contribution in [0, 0.1) is 0 Å². The molecule has 2 rings (SSSR count). The lowest BCUT2D eigenvalue weighted by Gasteiger charge is -2.16. The summed E-state index contributed by atoms with van der Waals surface area (Å²) in [5.41, 5.74) is 0. The molecule has 0 nitrogen and oxygen atoms in total. The third-order valence-corrected chi connectivity index (χ3v) is 5.63. The van der Waals surface area contributed by atoms with Crippen LogP contribution >= 0.6 is 0 Å². The SMILES string of the molecule is C1CC[S+]2CCC[C@@H]2C1. The maximum Gasteiger partial charge on any atom is 0.118 e. The average molecular weight is 143 g/mol. The van der Waals surface area contributed by atoms with E-state index in [0.29, 0.717) is 0 Å². The van der Waals surface area contributed by atoms with Gasteiger partial charge >= 0.3 is 0 Å². The van der Waals surface area contributed by atoms with Crippen molar-refractivity contribution >= 4 is 10.9 Å². The van der Waals surface area contributed by atoms with Gasteiger partial charge in [0.25, 0.3) is 0 Å². The second-order valence-electron chi connectivity index (χ2n) is 3.21. The molecule has 1 unspecified atom stereocenters. The average Bonchev–Trinajstić information content (AvgIpc) is 2.33. The molecule has 0 spiro atoms. The van der Waals surface area contributed by atoms with Crippen molar-refractivity contribution in [1.82, 2.24) is 0 Å². The van der Waals surface area contributed by atoms with E-state index in [0.717, 1.165) is 10.9 Å². The largest absolute Gasteiger partial charge is 0.118 e. The molecule has 9 heavy (non-hydrogen) atoms. The molecule has 0 aliphatic carbocycles. The maximum absolute atomic E-state index is 1.59. The minimum atomic E-state index is 0.915. The Morgan fingerprint density at radius 2 is 1.67 bits per heavy atom. The molecule has 2 saturated heterocycles. The highest BCUT2D eigenvalue weighted by atomic mass is 32.2. The molecule has 0 amide bonds. The van der Waals surface area contributed by atoms with Crippen LogP contribution in [0.5, 0.6) is 0 Å². The summed E-state index contributed by atoms with van der Waals surface area (Å²) in [6.45, 7) is 0. The molecule has 2 atom stereocenters. The second kappa shape index (κ2) is 2.53. The zero-order valence-corrected chi connectivity index (χ0v) is 6.75. The molecule has 0 aromatic heterocycles. The van der Waals surface area contributed by atoms with Crippen molar-refractivity contribution in [3.05, 3.63) is 0 Å². The summed E-state index contributed by atoms with van der Waals surface area (Å²) >= 11 is 0. The summed E-state index contributed by atoms with van der Waals surface area (Å²) in [7, 11) is 0.915. The van der Waals surface area contributed by atoms with Gasteiger partial charge in [0.2, 0.25) is 0 Å². The molecule has 0 aromatic carbocycles. The zero-order valence-electron chi connectivity index (χ0n) is 5.94. The highest BCUT2D eigenvalue weighted by Crippen LogP contribution is 2.31. The predicted molar refractivity (Wildman–Crippen MR) is 44.0 cm³/mol. The van der Waals surface area contributed by atoms with Crippen LogP contribution < -0.4 is 0 Å². The van der Waals surface area contributed by atoms with Crippen LogP contribution in [-0.2, 0) is 10.9 Å². The molecular formula is C8H15S+. The number of rotatable bonds is 0. The van der Waals surface area contributed by atoms with Gasteiger partial charge in [-0.2, -0.15) is 0 Å². The second-order valence-corrected chi connectivity index (χ2v) is 5.76. The van der Waals surface area contributed by atoms with Crippen molar-refractivity contribution in [3.8, 4) is 0 Å². The van der Waals surface area contributed by atoms with Gasteiger partial charge in [-0.3, -0.25) is 0 Å². The lowest BCUT2D eigenvalue weighted by molar-refractivity contribution is 0.643. The molecule has 0 N–H and O–H groups in total. The molecule has 0 saturated carbocycles. The molecule has 2 aliphatic heterocycles. The van der Waals surface area contributed by atoms with E-state index in [1.165, 1.54) is 11.7 Å². The lowest BCUT2D eigenvalue weighted by Crippen LogP contribution is -2.24. The Hall–Kier alpha value is 0.350. The molecular weight excluding hydrogens is 128 g/mol. The Kier molecular flexibility index (Phi) is 1.71. The zero-order chi connectivity index (χ0) is 6.10. The fourth-order valence-electron chi connectivity index (χ4n) is 2.07. The Balaban J connectivity index is 1.97. The number of hydrogen-bond acceptors (Lipinski definition) is 0. The van der Waals surface area contributed by atoms with Gasteiger partial charge < -0.3 is 0 Å². The van der Waals surface area contributed by atoms with Gasteiger partial charge in [0, 0.05) is 0 Å². The fraction of sp³-hybridized carbons (Fsp3) is 1.00. The topological polar surface area (TPSA) is 0 Å². The first-order valence-corrected chi connectivity index (χ1v) is 5.76. The van der Waals surface area contributed by atoms with Crippen LogP contribution in [0.3, 0.4) is 0 Å². The van der Waals surface area contributed by atoms with Gasteiger partial charge in [0.05, 0.1) is 0 Å². The highest BCUT2D eigenvalue weighted by molar-refractivity contribution is 7.97. The molecule has 0 aromatic rings. The fourth-order valence-corrected chi connectivity index (χ4v) is 5.05. The summed E-state index contributed by atoms with van der Waals surface area (Å²) in [5.74, 6) is 3.18. The first kappa shape index (κ1) is 6.09.